The minimum Gasteiger partial charge on any atom is -0.303 e. The number of nitrogens with zero attached hydrogens (tertiary/aromatic N) is 4. The number of aromatic nitrogens is 4. The van der Waals surface area contributed by atoms with Gasteiger partial charge in [0, 0.05) is 5.56 Å². The van der Waals surface area contributed by atoms with Crippen LogP contribution in [0.4, 0.5) is 0 Å². The van der Waals surface area contributed by atoms with Gasteiger partial charge in [-0.05, 0) is 0 Å². The standard InChI is InChI=1S/C15H10N4O/c1-2-8-19-10-18-13-12(16-9-17-15(13)19)14(20)11-6-4-3-5-7-11/h1,3-7,9-10H,8H2. The number of hydrogen-bond donors (Lipinski definition) is 0. The van der Waals surface area contributed by atoms with Crippen LogP contribution < -0.4 is 0 Å². The molecule has 20 heavy (non-hydrogen) atoms. The first-order valence-corrected chi connectivity index (χ1v) is 6.00. The molecule has 2 heterocycles. The summed E-state index contributed by atoms with van der Waals surface area (Å²) in [4.78, 5) is 24.9. The molecule has 0 atom stereocenters. The lowest BCUT2D eigenvalue weighted by Crippen LogP contribution is -2.06. The van der Waals surface area contributed by atoms with Crippen molar-refractivity contribution in [1.82, 2.24) is 19.5 Å². The summed E-state index contributed by atoms with van der Waals surface area (Å²) in [5.74, 6) is 2.34. The molecule has 0 saturated carbocycles. The van der Waals surface area contributed by atoms with Crippen LogP contribution in [0.25, 0.3) is 11.2 Å². The predicted octanol–water partition coefficient (Wildman–Crippen LogP) is 1.69. The third kappa shape index (κ3) is 1.93. The summed E-state index contributed by atoms with van der Waals surface area (Å²) in [6.45, 7) is 0.354. The van der Waals surface area contributed by atoms with Gasteiger partial charge in [-0.2, -0.15) is 0 Å². The highest BCUT2D eigenvalue weighted by Crippen LogP contribution is 2.16. The van der Waals surface area contributed by atoms with Crippen molar-refractivity contribution in [2.24, 2.45) is 0 Å². The van der Waals surface area contributed by atoms with Crippen molar-refractivity contribution in [2.45, 2.75) is 6.54 Å². The van der Waals surface area contributed by atoms with Crippen molar-refractivity contribution in [1.29, 1.82) is 0 Å². The van der Waals surface area contributed by atoms with Crippen molar-refractivity contribution in [2.75, 3.05) is 0 Å². The third-order valence-electron chi connectivity index (χ3n) is 2.91. The Morgan fingerprint density at radius 3 is 2.75 bits per heavy atom. The summed E-state index contributed by atoms with van der Waals surface area (Å²) in [7, 11) is 0. The highest BCUT2D eigenvalue weighted by Gasteiger charge is 2.17. The molecule has 0 bridgehead atoms. The predicted molar refractivity (Wildman–Crippen MR) is 74.0 cm³/mol. The van der Waals surface area contributed by atoms with Crippen molar-refractivity contribution in [3.05, 3.63) is 54.2 Å². The first-order valence-electron chi connectivity index (χ1n) is 6.00. The number of terminal acetylenes is 1. The van der Waals surface area contributed by atoms with Gasteiger partial charge in [0.05, 0.1) is 12.9 Å². The molecule has 0 unspecified atom stereocenters. The van der Waals surface area contributed by atoms with Gasteiger partial charge in [0.2, 0.25) is 5.78 Å². The Hall–Kier alpha value is -3.00. The van der Waals surface area contributed by atoms with Crippen LogP contribution in [0.15, 0.2) is 43.0 Å². The van der Waals surface area contributed by atoms with Crippen LogP contribution in [0.3, 0.4) is 0 Å². The molecule has 96 valence electrons. The number of fused-ring (bicyclic) bond motifs is 1. The molecule has 2 aromatic heterocycles. The second kappa shape index (κ2) is 4.94. The molecular weight excluding hydrogens is 252 g/mol. The molecule has 1 aromatic carbocycles. The molecule has 3 rings (SSSR count). The van der Waals surface area contributed by atoms with E-state index in [1.54, 1.807) is 23.0 Å². The quantitative estimate of drug-likeness (QED) is 0.532. The van der Waals surface area contributed by atoms with Crippen LogP contribution in [0.1, 0.15) is 16.1 Å². The molecular formula is C15H10N4O. The van der Waals surface area contributed by atoms with Crippen LogP contribution in [-0.2, 0) is 6.54 Å². The fraction of sp³-hybridized carbons (Fsp3) is 0.0667. The van der Waals surface area contributed by atoms with E-state index in [1.807, 2.05) is 18.2 Å². The number of hydrogen-bond acceptors (Lipinski definition) is 4. The molecule has 0 fully saturated rings. The second-order valence-corrected chi connectivity index (χ2v) is 4.17. The SMILES string of the molecule is C#CCn1cnc2c(C(=O)c3ccccc3)ncnc21. The normalized spacial score (nSPS) is 10.3. The summed E-state index contributed by atoms with van der Waals surface area (Å²) in [5.41, 5.74) is 1.89. The summed E-state index contributed by atoms with van der Waals surface area (Å²) in [6, 6.07) is 8.96. The van der Waals surface area contributed by atoms with Gasteiger partial charge < -0.3 is 4.57 Å². The Balaban J connectivity index is 2.13. The highest BCUT2D eigenvalue weighted by atomic mass is 16.1. The lowest BCUT2D eigenvalue weighted by molar-refractivity contribution is 0.103. The summed E-state index contributed by atoms with van der Waals surface area (Å²) in [6.07, 6.45) is 8.22. The van der Waals surface area contributed by atoms with Crippen LogP contribution in [0.2, 0.25) is 0 Å². The number of ketones is 1. The van der Waals surface area contributed by atoms with Gasteiger partial charge in [-0.15, -0.1) is 6.42 Å². The topological polar surface area (TPSA) is 60.7 Å². The second-order valence-electron chi connectivity index (χ2n) is 4.17. The summed E-state index contributed by atoms with van der Waals surface area (Å²) < 4.78 is 1.71. The van der Waals surface area contributed by atoms with Gasteiger partial charge in [-0.1, -0.05) is 36.3 Å². The van der Waals surface area contributed by atoms with Crippen molar-refractivity contribution >= 4 is 16.9 Å². The number of carbonyl (C=O) groups excluding carboxylic acids is 1. The molecule has 0 aliphatic heterocycles. The Kier molecular flexibility index (Phi) is 2.98. The minimum atomic E-state index is -0.177. The number of imidazole rings is 1. The zero-order valence-corrected chi connectivity index (χ0v) is 10.5. The van der Waals surface area contributed by atoms with Gasteiger partial charge in [0.25, 0.3) is 0 Å². The van der Waals surface area contributed by atoms with Crippen molar-refractivity contribution in [3.63, 3.8) is 0 Å². The van der Waals surface area contributed by atoms with Crippen molar-refractivity contribution in [3.8, 4) is 12.3 Å². The van der Waals surface area contributed by atoms with E-state index < -0.39 is 0 Å². The maximum absolute atomic E-state index is 12.4. The molecule has 0 radical (unpaired) electrons. The van der Waals surface area contributed by atoms with E-state index in [0.29, 0.717) is 23.3 Å². The molecule has 5 heteroatoms. The van der Waals surface area contributed by atoms with E-state index in [-0.39, 0.29) is 11.5 Å². The largest absolute Gasteiger partial charge is 0.303 e. The Labute approximate surface area is 115 Å². The number of rotatable bonds is 3. The van der Waals surface area contributed by atoms with Gasteiger partial charge in [0.15, 0.2) is 5.65 Å². The molecule has 0 amide bonds. The van der Waals surface area contributed by atoms with Gasteiger partial charge in [-0.25, -0.2) is 15.0 Å². The van der Waals surface area contributed by atoms with Gasteiger partial charge >= 0.3 is 0 Å². The van der Waals surface area contributed by atoms with E-state index in [1.165, 1.54) is 6.33 Å². The van der Waals surface area contributed by atoms with E-state index in [9.17, 15) is 4.79 Å². The van der Waals surface area contributed by atoms with Crippen LogP contribution in [0, 0.1) is 12.3 Å². The average Bonchev–Trinajstić information content (AvgIpc) is 2.91. The fourth-order valence-corrected chi connectivity index (χ4v) is 1.99. The summed E-state index contributed by atoms with van der Waals surface area (Å²) in [5, 5.41) is 0. The minimum absolute atomic E-state index is 0.177. The van der Waals surface area contributed by atoms with E-state index >= 15 is 0 Å². The fourth-order valence-electron chi connectivity index (χ4n) is 1.99. The molecule has 0 aliphatic carbocycles. The molecule has 0 aliphatic rings. The van der Waals surface area contributed by atoms with Crippen LogP contribution in [-0.4, -0.2) is 25.3 Å². The van der Waals surface area contributed by atoms with Crippen molar-refractivity contribution < 1.29 is 4.79 Å². The van der Waals surface area contributed by atoms with Gasteiger partial charge in [0.1, 0.15) is 17.5 Å². The third-order valence-corrected chi connectivity index (χ3v) is 2.91. The Morgan fingerprint density at radius 1 is 1.20 bits per heavy atom. The molecule has 3 aromatic rings. The molecule has 0 N–H and O–H groups in total. The van der Waals surface area contributed by atoms with Crippen LogP contribution >= 0.6 is 0 Å². The lowest BCUT2D eigenvalue weighted by Gasteiger charge is -2.01. The highest BCUT2D eigenvalue weighted by molar-refractivity contribution is 6.13. The van der Waals surface area contributed by atoms with Gasteiger partial charge in [-0.3, -0.25) is 4.79 Å². The van der Waals surface area contributed by atoms with E-state index in [2.05, 4.69) is 20.9 Å². The monoisotopic (exact) mass is 262 g/mol. The maximum Gasteiger partial charge on any atom is 0.213 e. The summed E-state index contributed by atoms with van der Waals surface area (Å²) >= 11 is 0. The Morgan fingerprint density at radius 2 is 2.00 bits per heavy atom. The lowest BCUT2D eigenvalue weighted by atomic mass is 10.1. The zero-order chi connectivity index (χ0) is 13.9. The first kappa shape index (κ1) is 12.1. The van der Waals surface area contributed by atoms with E-state index in [4.69, 9.17) is 6.42 Å². The number of carbonyl (C=O) groups is 1. The van der Waals surface area contributed by atoms with E-state index in [0.717, 1.165) is 0 Å². The Bertz CT molecular complexity index is 815. The average molecular weight is 262 g/mol. The van der Waals surface area contributed by atoms with Crippen LogP contribution in [0.5, 0.6) is 0 Å². The molecule has 0 saturated heterocycles. The smallest absolute Gasteiger partial charge is 0.213 e. The first-order chi connectivity index (χ1) is 9.81. The molecule has 5 nitrogen and oxygen atoms in total. The number of benzene rings is 1. The maximum atomic E-state index is 12.4. The molecule has 0 spiro atoms. The zero-order valence-electron chi connectivity index (χ0n) is 10.5.